The van der Waals surface area contributed by atoms with Crippen LogP contribution in [0.5, 0.6) is 0 Å². The van der Waals surface area contributed by atoms with Gasteiger partial charge < -0.3 is 30.7 Å². The van der Waals surface area contributed by atoms with E-state index in [0.29, 0.717) is 10.8 Å². The molecule has 112 heavy (non-hydrogen) atoms. The van der Waals surface area contributed by atoms with Gasteiger partial charge in [-0.2, -0.15) is 0 Å². The number of pyridine rings is 5. The third kappa shape index (κ3) is 25.1. The van der Waals surface area contributed by atoms with Crippen molar-refractivity contribution in [2.24, 2.45) is 35.3 Å². The van der Waals surface area contributed by atoms with Crippen LogP contribution in [0.15, 0.2) is 191 Å². The summed E-state index contributed by atoms with van der Waals surface area (Å²) in [4.78, 5) is 57.3. The maximum absolute atomic E-state index is 5.76. The van der Waals surface area contributed by atoms with Gasteiger partial charge in [0.25, 0.3) is 0 Å². The molecule has 0 amide bonds. The number of anilines is 4. The second-order valence-corrected chi connectivity index (χ2v) is 32.9. The summed E-state index contributed by atoms with van der Waals surface area (Å²) in [6.45, 7) is 27.3. The zero-order valence-electron chi connectivity index (χ0n) is 66.4. The Morgan fingerprint density at radius 3 is 1.15 bits per heavy atom. The Bertz CT molecular complexity index is 4700. The fraction of sp³-hybridized carbons (Fsp3) is 0.443. The topological polar surface area (TPSA) is 206 Å². The Hall–Kier alpha value is -8.32. The summed E-state index contributed by atoms with van der Waals surface area (Å²) < 4.78 is 8.98. The molecule has 11 aromatic heterocycles. The first-order valence-electron chi connectivity index (χ1n) is 40.2. The molecular formula is C88H112Br3ClN20. The summed E-state index contributed by atoms with van der Waals surface area (Å²) in [6, 6.07) is 31.5. The minimum atomic E-state index is 0.415. The molecule has 5 aliphatic heterocycles. The lowest BCUT2D eigenvalue weighted by atomic mass is 9.91. The molecule has 20 nitrogen and oxygen atoms in total. The van der Waals surface area contributed by atoms with Crippen LogP contribution in [-0.2, 0) is 12.8 Å². The number of imidazole rings is 3. The number of nitrogens with two attached hydrogens (primary N) is 1. The second kappa shape index (κ2) is 43.8. The standard InChI is InChI=1S/C25H27N5.C19H22BrN5.C13H20N2.C12H19N3.C7H15N.C6H3BrClN3.C6H6BrN/c1-19-17-22(9-12-26-19)29-14-10-20(11-15-29)7-8-23-25-28-18-24(30(25)16-13-27-23)21-5-3-2-4-6-21;1-14-12-16(4-7-21-14)24-9-5-15(6-10-24)2-3-17-19-23-13-18(20)25(19)11-8-22-17;1-3-12-5-8-15(9-6-12)13-4-7-14-11(2)10-13;1-10-8-12(2-5-14-10)15-6-3-11(9-13)4-7-15;1-2-7-3-5-8-6-4-7;7-4-3-10-6-5(8)9-1-2-11(4)6;1-5-4-6(7)2-3-8-5/h2-6,9,12-13,16-18,20H,7-8,10-11,14-15H2,1H3;4,7-8,11-13,15H,2-3,5-6,9-10H2,1H3;4,7,10,12H,3,5-6,8-9H2,1-2H3;2,5,8,11H,3-4,6-7,9,13H2,1H3;7-8H,2-6H2,1H3;1-3H;2-4H,1H3. The summed E-state index contributed by atoms with van der Waals surface area (Å²) in [5, 5.41) is 3.76. The number of aryl methyl sites for hydroxylation is 7. The van der Waals surface area contributed by atoms with Gasteiger partial charge in [-0.15, -0.1) is 0 Å². The van der Waals surface area contributed by atoms with Gasteiger partial charge in [0, 0.05) is 182 Å². The highest BCUT2D eigenvalue weighted by atomic mass is 79.9. The zero-order valence-corrected chi connectivity index (χ0v) is 71.9. The van der Waals surface area contributed by atoms with Crippen molar-refractivity contribution in [3.8, 4) is 11.3 Å². The molecule has 12 aromatic rings. The molecule has 5 saturated heterocycles. The smallest absolute Gasteiger partial charge is 0.175 e. The van der Waals surface area contributed by atoms with E-state index in [0.717, 1.165) is 159 Å². The molecule has 0 aliphatic carbocycles. The summed E-state index contributed by atoms with van der Waals surface area (Å²) in [5.74, 6) is 4.21. The van der Waals surface area contributed by atoms with Gasteiger partial charge in [0.05, 0.1) is 35.7 Å². The van der Waals surface area contributed by atoms with Crippen molar-refractivity contribution in [1.29, 1.82) is 0 Å². The van der Waals surface area contributed by atoms with Gasteiger partial charge >= 0.3 is 0 Å². The average Bonchev–Trinajstić information content (AvgIpc) is 1.65. The Morgan fingerprint density at radius 2 is 0.759 bits per heavy atom. The van der Waals surface area contributed by atoms with Crippen molar-refractivity contribution in [1.82, 2.24) is 73.3 Å². The number of rotatable bonds is 14. The number of hydrogen-bond acceptors (Lipinski definition) is 17. The zero-order chi connectivity index (χ0) is 78.6. The van der Waals surface area contributed by atoms with E-state index in [1.165, 1.54) is 144 Å². The van der Waals surface area contributed by atoms with E-state index in [-0.39, 0.29) is 0 Å². The Kier molecular flexibility index (Phi) is 33.1. The lowest BCUT2D eigenvalue weighted by molar-refractivity contribution is 0.365. The molecular weight excluding hydrogens is 1610 g/mol. The first-order valence-corrected chi connectivity index (χ1v) is 43.0. The summed E-state index contributed by atoms with van der Waals surface area (Å²) in [7, 11) is 0. The van der Waals surface area contributed by atoms with Crippen LogP contribution in [0.1, 0.15) is 144 Å². The van der Waals surface area contributed by atoms with Gasteiger partial charge in [0.1, 0.15) is 9.21 Å². The number of nitrogens with zero attached hydrogens (tertiary/aromatic N) is 18. The van der Waals surface area contributed by atoms with Crippen LogP contribution in [0.2, 0.25) is 5.15 Å². The normalized spacial score (nSPS) is 15.8. The lowest BCUT2D eigenvalue weighted by Gasteiger charge is -2.33. The summed E-state index contributed by atoms with van der Waals surface area (Å²) >= 11 is 15.9. The molecule has 0 radical (unpaired) electrons. The molecule has 1 aromatic carbocycles. The van der Waals surface area contributed by atoms with Crippen LogP contribution in [0.3, 0.4) is 0 Å². The van der Waals surface area contributed by atoms with Crippen LogP contribution >= 0.6 is 59.4 Å². The predicted octanol–water partition coefficient (Wildman–Crippen LogP) is 19.3. The number of benzene rings is 1. The van der Waals surface area contributed by atoms with Crippen molar-refractivity contribution in [3.63, 3.8) is 0 Å². The van der Waals surface area contributed by atoms with Gasteiger partial charge in [-0.05, 0) is 266 Å². The van der Waals surface area contributed by atoms with Gasteiger partial charge in [-0.3, -0.25) is 48.1 Å². The molecule has 0 saturated carbocycles. The minimum absolute atomic E-state index is 0.415. The van der Waals surface area contributed by atoms with E-state index in [1.54, 1.807) is 24.8 Å². The number of nitrogens with one attached hydrogen (secondary N) is 1. The molecule has 5 fully saturated rings. The average molecular weight is 1730 g/mol. The number of piperidine rings is 5. The highest BCUT2D eigenvalue weighted by Crippen LogP contribution is 2.32. The van der Waals surface area contributed by atoms with Crippen LogP contribution in [0, 0.1) is 64.2 Å². The maximum atomic E-state index is 5.76. The Labute approximate surface area is 693 Å². The number of fused-ring (bicyclic) bond motifs is 3. The molecule has 592 valence electrons. The fourth-order valence-corrected chi connectivity index (χ4v) is 16.7. The van der Waals surface area contributed by atoms with Gasteiger partial charge in [-0.25, -0.2) is 19.9 Å². The van der Waals surface area contributed by atoms with Gasteiger partial charge in [0.15, 0.2) is 22.1 Å². The van der Waals surface area contributed by atoms with Crippen LogP contribution in [0.4, 0.5) is 22.7 Å². The van der Waals surface area contributed by atoms with E-state index >= 15 is 0 Å². The van der Waals surface area contributed by atoms with E-state index in [4.69, 9.17) is 22.3 Å². The molecule has 5 aliphatic rings. The minimum Gasteiger partial charge on any atom is -0.371 e. The molecule has 24 heteroatoms. The molecule has 17 rings (SSSR count). The van der Waals surface area contributed by atoms with Crippen LogP contribution in [-0.4, -0.2) is 140 Å². The van der Waals surface area contributed by atoms with E-state index < -0.39 is 0 Å². The Balaban J connectivity index is 0.000000136. The fourth-order valence-electron chi connectivity index (χ4n) is 15.3. The first kappa shape index (κ1) is 84.6. The summed E-state index contributed by atoms with van der Waals surface area (Å²) in [6.07, 6.45) is 46.0. The van der Waals surface area contributed by atoms with Crippen molar-refractivity contribution in [2.75, 3.05) is 91.6 Å². The first-order chi connectivity index (χ1) is 54.6. The maximum Gasteiger partial charge on any atom is 0.175 e. The molecule has 0 unspecified atom stereocenters. The molecule has 16 heterocycles. The van der Waals surface area contributed by atoms with E-state index in [2.05, 4.69) is 239 Å². The van der Waals surface area contributed by atoms with Crippen molar-refractivity contribution >= 4 is 99.1 Å². The lowest BCUT2D eigenvalue weighted by Crippen LogP contribution is -2.36. The Morgan fingerprint density at radius 1 is 0.393 bits per heavy atom. The monoisotopic (exact) mass is 1720 g/mol. The van der Waals surface area contributed by atoms with E-state index in [1.807, 2.05) is 98.4 Å². The van der Waals surface area contributed by atoms with Crippen LogP contribution < -0.4 is 30.7 Å². The highest BCUT2D eigenvalue weighted by Gasteiger charge is 2.24. The second-order valence-electron chi connectivity index (χ2n) is 30.0. The number of halogens is 4. The largest absolute Gasteiger partial charge is 0.371 e. The van der Waals surface area contributed by atoms with E-state index in [9.17, 15) is 0 Å². The molecule has 0 spiro atoms. The third-order valence-corrected chi connectivity index (χ3v) is 24.1. The SMILES string of the molecule is CCC1CCN(c2ccnc(C)c2)CC1.CCC1CCNCC1.Cc1cc(Br)ccn1.Cc1cc(N2CCC(CCc3nccn4c(-c5ccccc5)cnc34)CC2)ccn1.Cc1cc(N2CCC(CCc3nccn4c(Br)cnc34)CC2)ccn1.Cc1cc(N2CCC(CN)CC2)ccn1.Clc1nccn2c(Br)cnc12. The van der Waals surface area contributed by atoms with Gasteiger partial charge in [-0.1, -0.05) is 84.6 Å². The molecule has 3 N–H and O–H groups in total. The third-order valence-electron chi connectivity index (χ3n) is 22.2. The highest BCUT2D eigenvalue weighted by molar-refractivity contribution is 9.11. The number of aromatic nitrogens is 14. The molecule has 0 bridgehead atoms. The van der Waals surface area contributed by atoms with Crippen molar-refractivity contribution < 1.29 is 0 Å². The molecule has 0 atom stereocenters. The number of hydrogen-bond donors (Lipinski definition) is 2. The quantitative estimate of drug-likeness (QED) is 0.104. The van der Waals surface area contributed by atoms with Crippen LogP contribution in [0.25, 0.3) is 28.2 Å². The van der Waals surface area contributed by atoms with Gasteiger partial charge in [0.2, 0.25) is 0 Å². The predicted molar refractivity (Wildman–Crippen MR) is 469 cm³/mol. The van der Waals surface area contributed by atoms with Crippen molar-refractivity contribution in [2.45, 2.75) is 151 Å². The van der Waals surface area contributed by atoms with Crippen molar-refractivity contribution in [3.05, 3.63) is 236 Å². The summed E-state index contributed by atoms with van der Waals surface area (Å²) in [5.41, 5.74) is 23.5.